The molecule has 0 heterocycles. The van der Waals surface area contributed by atoms with Crippen molar-refractivity contribution >= 4 is 17.9 Å². The Kier molecular flexibility index (Phi) is 9.15. The maximum atomic E-state index is 12.6. The van der Waals surface area contributed by atoms with Gasteiger partial charge in [-0.15, -0.1) is 0 Å². The first-order chi connectivity index (χ1) is 16.7. The molecule has 1 fully saturated rings. The average molecular weight is 483 g/mol. The van der Waals surface area contributed by atoms with Crippen molar-refractivity contribution in [3.63, 3.8) is 0 Å². The summed E-state index contributed by atoms with van der Waals surface area (Å²) in [6.07, 6.45) is 3.60. The maximum absolute atomic E-state index is 12.6. The Morgan fingerprint density at radius 2 is 1.71 bits per heavy atom. The van der Waals surface area contributed by atoms with Crippen LogP contribution in [0.15, 0.2) is 48.5 Å². The molecule has 7 nitrogen and oxygen atoms in total. The van der Waals surface area contributed by atoms with E-state index in [1.54, 1.807) is 0 Å². The monoisotopic (exact) mass is 482 g/mol. The molecule has 2 aromatic rings. The number of rotatable bonds is 8. The largest absolute Gasteiger partial charge is 0.465 e. The molecule has 0 atom stereocenters. The van der Waals surface area contributed by atoms with Crippen molar-refractivity contribution in [1.82, 2.24) is 5.32 Å². The van der Waals surface area contributed by atoms with Crippen LogP contribution in [-0.2, 0) is 11.2 Å². The molecule has 1 saturated carbocycles. The van der Waals surface area contributed by atoms with Gasteiger partial charge in [0.1, 0.15) is 5.60 Å². The molecule has 2 aromatic carbocycles. The summed E-state index contributed by atoms with van der Waals surface area (Å²) in [5, 5.41) is 22.4. The van der Waals surface area contributed by atoms with Crippen LogP contribution in [0.5, 0.6) is 0 Å². The van der Waals surface area contributed by atoms with Crippen LogP contribution in [-0.4, -0.2) is 46.7 Å². The predicted molar refractivity (Wildman–Crippen MR) is 138 cm³/mol. The highest BCUT2D eigenvalue weighted by Crippen LogP contribution is 2.36. The normalized spacial score (nSPS) is 18.1. The number of nitrogens with one attached hydrogen (secondary N) is 1. The second-order valence-electron chi connectivity index (χ2n) is 10.2. The number of nitrogens with zero attached hydrogens (tertiary/aromatic N) is 1. The van der Waals surface area contributed by atoms with Gasteiger partial charge in [-0.05, 0) is 82.9 Å². The van der Waals surface area contributed by atoms with E-state index < -0.39 is 17.8 Å². The van der Waals surface area contributed by atoms with Gasteiger partial charge in [-0.3, -0.25) is 4.90 Å². The Hall–Kier alpha value is -3.06. The summed E-state index contributed by atoms with van der Waals surface area (Å²) in [6, 6.07) is 15.7. The van der Waals surface area contributed by atoms with E-state index in [9.17, 15) is 14.7 Å². The highest BCUT2D eigenvalue weighted by atomic mass is 16.6. The summed E-state index contributed by atoms with van der Waals surface area (Å²) >= 11 is 0. The summed E-state index contributed by atoms with van der Waals surface area (Å²) in [7, 11) is 0. The van der Waals surface area contributed by atoms with E-state index in [0.29, 0.717) is 37.8 Å². The summed E-state index contributed by atoms with van der Waals surface area (Å²) in [4.78, 5) is 26.3. The van der Waals surface area contributed by atoms with Crippen LogP contribution >= 0.6 is 0 Å². The molecule has 1 aliphatic rings. The van der Waals surface area contributed by atoms with Gasteiger partial charge in [-0.25, -0.2) is 9.59 Å². The number of unbranched alkanes of at least 4 members (excludes halogenated alkanes) is 1. The van der Waals surface area contributed by atoms with E-state index in [4.69, 9.17) is 9.84 Å². The molecule has 3 N–H and O–H groups in total. The predicted octanol–water partition coefficient (Wildman–Crippen LogP) is 5.99. The van der Waals surface area contributed by atoms with E-state index in [0.717, 1.165) is 29.5 Å². The van der Waals surface area contributed by atoms with Crippen LogP contribution in [0.4, 0.5) is 15.3 Å². The fraction of sp³-hybridized carbons (Fsp3) is 0.500. The minimum Gasteiger partial charge on any atom is -0.465 e. The first-order valence-electron chi connectivity index (χ1n) is 12.5. The zero-order valence-corrected chi connectivity index (χ0v) is 21.0. The Balaban J connectivity index is 1.81. The number of carbonyl (C=O) groups is 2. The first kappa shape index (κ1) is 26.5. The zero-order valence-electron chi connectivity index (χ0n) is 21.0. The molecule has 7 heteroatoms. The van der Waals surface area contributed by atoms with Crippen LogP contribution in [0.2, 0.25) is 0 Å². The topological polar surface area (TPSA) is 99.1 Å². The van der Waals surface area contributed by atoms with Gasteiger partial charge in [-0.1, -0.05) is 42.5 Å². The molecular formula is C28H38N2O5. The van der Waals surface area contributed by atoms with E-state index >= 15 is 0 Å². The number of hydrogen-bond donors (Lipinski definition) is 3. The Morgan fingerprint density at radius 3 is 2.31 bits per heavy atom. The van der Waals surface area contributed by atoms with Gasteiger partial charge < -0.3 is 20.3 Å². The summed E-state index contributed by atoms with van der Waals surface area (Å²) < 4.78 is 5.37. The Labute approximate surface area is 208 Å². The molecular weight excluding hydrogens is 444 g/mol. The molecule has 0 spiro atoms. The minimum atomic E-state index is -0.974. The fourth-order valence-corrected chi connectivity index (χ4v) is 4.64. The van der Waals surface area contributed by atoms with Crippen molar-refractivity contribution in [1.29, 1.82) is 0 Å². The quantitative estimate of drug-likeness (QED) is 0.402. The molecule has 35 heavy (non-hydrogen) atoms. The van der Waals surface area contributed by atoms with Crippen molar-refractivity contribution in [3.05, 3.63) is 54.1 Å². The number of anilines is 1. The molecule has 0 saturated heterocycles. The van der Waals surface area contributed by atoms with Crippen molar-refractivity contribution < 1.29 is 24.5 Å². The van der Waals surface area contributed by atoms with Crippen LogP contribution < -0.4 is 10.2 Å². The molecule has 0 unspecified atom stereocenters. The van der Waals surface area contributed by atoms with E-state index in [1.165, 1.54) is 4.90 Å². The van der Waals surface area contributed by atoms with Gasteiger partial charge in [-0.2, -0.15) is 0 Å². The molecule has 190 valence electrons. The summed E-state index contributed by atoms with van der Waals surface area (Å²) in [6.45, 7) is 5.64. The zero-order chi connectivity index (χ0) is 25.4. The SMILES string of the molecule is CC(C)(C)OC(=O)NC1CCC(N(C(=O)O)c2cc(CCCCO)ccc2-c2ccccc2)CC1. The number of ether oxygens (including phenoxy) is 1. The third-order valence-corrected chi connectivity index (χ3v) is 6.27. The van der Waals surface area contributed by atoms with Crippen molar-refractivity contribution in [3.8, 4) is 11.1 Å². The lowest BCUT2D eigenvalue weighted by Gasteiger charge is -2.36. The van der Waals surface area contributed by atoms with Gasteiger partial charge in [0, 0.05) is 24.3 Å². The molecule has 2 amide bonds. The summed E-state index contributed by atoms with van der Waals surface area (Å²) in [5.74, 6) is 0. The Morgan fingerprint density at radius 1 is 1.03 bits per heavy atom. The van der Waals surface area contributed by atoms with Gasteiger partial charge in [0.2, 0.25) is 0 Å². The standard InChI is InChI=1S/C28H38N2O5/c1-28(2,3)35-26(32)29-22-13-15-23(16-14-22)30(27(33)34)25-19-20(9-7-8-18-31)12-17-24(25)21-10-5-4-6-11-21/h4-6,10-12,17,19,22-23,31H,7-9,13-16,18H2,1-3H3,(H,29,32)(H,33,34). The number of amides is 2. The number of hydrogen-bond acceptors (Lipinski definition) is 4. The highest BCUT2D eigenvalue weighted by Gasteiger charge is 2.32. The van der Waals surface area contributed by atoms with Gasteiger partial charge in [0.15, 0.2) is 0 Å². The molecule has 0 bridgehead atoms. The first-order valence-corrected chi connectivity index (χ1v) is 12.5. The van der Waals surface area contributed by atoms with Crippen molar-refractivity contribution in [2.24, 2.45) is 0 Å². The molecule has 3 rings (SSSR count). The maximum Gasteiger partial charge on any atom is 0.412 e. The van der Waals surface area contributed by atoms with E-state index in [2.05, 4.69) is 5.32 Å². The van der Waals surface area contributed by atoms with Gasteiger partial charge in [0.05, 0.1) is 5.69 Å². The number of alkyl carbamates (subject to hydrolysis) is 1. The van der Waals surface area contributed by atoms with Crippen molar-refractivity contribution in [2.45, 2.75) is 83.4 Å². The van der Waals surface area contributed by atoms with Gasteiger partial charge in [0.25, 0.3) is 0 Å². The smallest absolute Gasteiger partial charge is 0.412 e. The van der Waals surface area contributed by atoms with E-state index in [-0.39, 0.29) is 18.7 Å². The van der Waals surface area contributed by atoms with Crippen LogP contribution in [0.25, 0.3) is 11.1 Å². The second kappa shape index (κ2) is 12.1. The number of carbonyl (C=O) groups excluding carboxylic acids is 1. The number of aryl methyl sites for hydroxylation is 1. The number of aliphatic hydroxyl groups excluding tert-OH is 1. The third-order valence-electron chi connectivity index (χ3n) is 6.27. The van der Waals surface area contributed by atoms with Crippen LogP contribution in [0.1, 0.15) is 64.9 Å². The average Bonchev–Trinajstić information content (AvgIpc) is 2.80. The van der Waals surface area contributed by atoms with Crippen LogP contribution in [0.3, 0.4) is 0 Å². The molecule has 0 radical (unpaired) electrons. The number of carboxylic acid groups (broad SMARTS) is 1. The summed E-state index contributed by atoms with van der Waals surface area (Å²) in [5.41, 5.74) is 3.04. The minimum absolute atomic E-state index is 0.0323. The lowest BCUT2D eigenvalue weighted by molar-refractivity contribution is 0.0490. The second-order valence-corrected chi connectivity index (χ2v) is 10.2. The van der Waals surface area contributed by atoms with Crippen LogP contribution in [0, 0.1) is 0 Å². The van der Waals surface area contributed by atoms with Crippen molar-refractivity contribution in [2.75, 3.05) is 11.5 Å². The molecule has 1 aliphatic carbocycles. The fourth-order valence-electron chi connectivity index (χ4n) is 4.64. The number of benzene rings is 2. The third kappa shape index (κ3) is 7.72. The lowest BCUT2D eigenvalue weighted by atomic mass is 9.89. The van der Waals surface area contributed by atoms with E-state index in [1.807, 2.05) is 69.3 Å². The highest BCUT2D eigenvalue weighted by molar-refractivity contribution is 5.93. The Bertz CT molecular complexity index is 979. The van der Waals surface area contributed by atoms with Gasteiger partial charge >= 0.3 is 12.2 Å². The number of aliphatic hydroxyl groups is 1. The lowest BCUT2D eigenvalue weighted by Crippen LogP contribution is -2.47. The molecule has 0 aliphatic heterocycles. The molecule has 0 aromatic heterocycles.